The molecule has 110 valence electrons. The van der Waals surface area contributed by atoms with Crippen molar-refractivity contribution in [1.29, 1.82) is 0 Å². The molecule has 1 unspecified atom stereocenters. The molecule has 20 heavy (non-hydrogen) atoms. The van der Waals surface area contributed by atoms with Crippen molar-refractivity contribution < 1.29 is 14.3 Å². The molecule has 0 saturated carbocycles. The van der Waals surface area contributed by atoms with Crippen LogP contribution in [0.1, 0.15) is 26.3 Å². The van der Waals surface area contributed by atoms with E-state index in [2.05, 4.69) is 11.4 Å². The van der Waals surface area contributed by atoms with Gasteiger partial charge in [0.1, 0.15) is 11.4 Å². The fraction of sp³-hybridized carbons (Fsp3) is 0.533. The molecule has 0 spiro atoms. The van der Waals surface area contributed by atoms with Crippen molar-refractivity contribution in [2.75, 3.05) is 12.9 Å². The summed E-state index contributed by atoms with van der Waals surface area (Å²) >= 11 is 1.74. The van der Waals surface area contributed by atoms with Crippen LogP contribution in [0.4, 0.5) is 4.79 Å². The summed E-state index contributed by atoms with van der Waals surface area (Å²) < 4.78 is 10.7. The van der Waals surface area contributed by atoms with E-state index in [4.69, 9.17) is 9.47 Å². The Balaban J connectivity index is 2.02. The predicted molar refractivity (Wildman–Crippen MR) is 80.6 cm³/mol. The molecule has 0 saturated heterocycles. The zero-order chi connectivity index (χ0) is 14.8. The average molecular weight is 295 g/mol. The van der Waals surface area contributed by atoms with Gasteiger partial charge >= 0.3 is 6.09 Å². The van der Waals surface area contributed by atoms with Crippen LogP contribution in [0.25, 0.3) is 0 Å². The molecule has 1 amide bonds. The maximum atomic E-state index is 11.8. The highest BCUT2D eigenvalue weighted by Gasteiger charge is 2.25. The minimum atomic E-state index is -0.471. The summed E-state index contributed by atoms with van der Waals surface area (Å²) in [5.74, 6) is 1.73. The Kier molecular flexibility index (Phi) is 4.48. The SMILES string of the molecule is COc1cccc2c1CC(NC(=O)OC(C)(C)C)CS2. The monoisotopic (exact) mass is 295 g/mol. The molecule has 5 heteroatoms. The number of benzene rings is 1. The van der Waals surface area contributed by atoms with Gasteiger partial charge in [0.05, 0.1) is 7.11 Å². The van der Waals surface area contributed by atoms with Gasteiger partial charge in [-0.1, -0.05) is 6.07 Å². The second-order valence-corrected chi connectivity index (χ2v) is 6.86. The van der Waals surface area contributed by atoms with Gasteiger partial charge in [-0.15, -0.1) is 11.8 Å². The molecule has 0 aliphatic carbocycles. The van der Waals surface area contributed by atoms with E-state index in [0.717, 1.165) is 23.5 Å². The molecule has 1 aliphatic heterocycles. The van der Waals surface area contributed by atoms with Crippen molar-refractivity contribution in [3.63, 3.8) is 0 Å². The summed E-state index contributed by atoms with van der Waals surface area (Å²) in [5.41, 5.74) is 0.689. The summed E-state index contributed by atoms with van der Waals surface area (Å²) in [5, 5.41) is 2.93. The number of rotatable bonds is 2. The molecule has 1 atom stereocenters. The van der Waals surface area contributed by atoms with Crippen LogP contribution >= 0.6 is 11.8 Å². The third kappa shape index (κ3) is 3.82. The molecule has 4 nitrogen and oxygen atoms in total. The molecule has 2 rings (SSSR count). The van der Waals surface area contributed by atoms with Crippen LogP contribution in [0.3, 0.4) is 0 Å². The van der Waals surface area contributed by atoms with Crippen LogP contribution in [0.2, 0.25) is 0 Å². The lowest BCUT2D eigenvalue weighted by Crippen LogP contribution is -2.42. The number of thioether (sulfide) groups is 1. The van der Waals surface area contributed by atoms with Gasteiger partial charge in [0, 0.05) is 22.3 Å². The maximum absolute atomic E-state index is 11.8. The third-order valence-corrected chi connectivity index (χ3v) is 4.18. The number of nitrogens with one attached hydrogen (secondary N) is 1. The van der Waals surface area contributed by atoms with Gasteiger partial charge in [0.2, 0.25) is 0 Å². The fourth-order valence-corrected chi connectivity index (χ4v) is 3.25. The van der Waals surface area contributed by atoms with E-state index in [1.807, 2.05) is 32.9 Å². The molecular formula is C15H21NO3S. The molecule has 0 fully saturated rings. The quantitative estimate of drug-likeness (QED) is 0.910. The highest BCUT2D eigenvalue weighted by molar-refractivity contribution is 7.99. The number of carbonyl (C=O) groups is 1. The number of ether oxygens (including phenoxy) is 2. The average Bonchev–Trinajstić information content (AvgIpc) is 2.35. The molecular weight excluding hydrogens is 274 g/mol. The molecule has 1 aromatic carbocycles. The standard InChI is InChI=1S/C15H21NO3S/c1-15(2,3)19-14(17)16-10-8-11-12(18-4)6-5-7-13(11)20-9-10/h5-7,10H,8-9H2,1-4H3,(H,16,17). The number of amides is 1. The first-order valence-electron chi connectivity index (χ1n) is 6.67. The highest BCUT2D eigenvalue weighted by Crippen LogP contribution is 2.35. The van der Waals surface area contributed by atoms with Crippen LogP contribution in [0.15, 0.2) is 23.1 Å². The Morgan fingerprint density at radius 2 is 2.15 bits per heavy atom. The van der Waals surface area contributed by atoms with Crippen molar-refractivity contribution >= 4 is 17.9 Å². The van der Waals surface area contributed by atoms with Gasteiger partial charge < -0.3 is 14.8 Å². The number of methoxy groups -OCH3 is 1. The van der Waals surface area contributed by atoms with Crippen LogP contribution in [-0.4, -0.2) is 30.6 Å². The van der Waals surface area contributed by atoms with E-state index in [1.54, 1.807) is 18.9 Å². The number of alkyl carbamates (subject to hydrolysis) is 1. The number of fused-ring (bicyclic) bond motifs is 1. The second-order valence-electron chi connectivity index (χ2n) is 5.80. The maximum Gasteiger partial charge on any atom is 0.407 e. The van der Waals surface area contributed by atoms with Crippen molar-refractivity contribution in [2.45, 2.75) is 43.7 Å². The van der Waals surface area contributed by atoms with Crippen molar-refractivity contribution in [2.24, 2.45) is 0 Å². The topological polar surface area (TPSA) is 47.6 Å². The van der Waals surface area contributed by atoms with Crippen molar-refractivity contribution in [1.82, 2.24) is 5.32 Å². The van der Waals surface area contributed by atoms with Gasteiger partial charge in [-0.3, -0.25) is 0 Å². The molecule has 1 aromatic rings. The van der Waals surface area contributed by atoms with Crippen molar-refractivity contribution in [3.8, 4) is 5.75 Å². The molecule has 0 radical (unpaired) electrons. The first-order chi connectivity index (χ1) is 9.39. The molecule has 0 bridgehead atoms. The first-order valence-corrected chi connectivity index (χ1v) is 7.66. The molecule has 1 N–H and O–H groups in total. The van der Waals surface area contributed by atoms with Crippen LogP contribution in [0.5, 0.6) is 5.75 Å². The molecule has 0 aromatic heterocycles. The fourth-order valence-electron chi connectivity index (χ4n) is 2.14. The Hall–Kier alpha value is -1.36. The Morgan fingerprint density at radius 1 is 1.40 bits per heavy atom. The second kappa shape index (κ2) is 5.95. The van der Waals surface area contributed by atoms with E-state index < -0.39 is 5.60 Å². The Labute approximate surface area is 124 Å². The number of hydrogen-bond acceptors (Lipinski definition) is 4. The van der Waals surface area contributed by atoms with Crippen LogP contribution in [-0.2, 0) is 11.2 Å². The highest BCUT2D eigenvalue weighted by atomic mass is 32.2. The van der Waals surface area contributed by atoms with Crippen LogP contribution in [0, 0.1) is 0 Å². The summed E-state index contributed by atoms with van der Waals surface area (Å²) in [6, 6.07) is 6.10. The largest absolute Gasteiger partial charge is 0.496 e. The van der Waals surface area contributed by atoms with Crippen molar-refractivity contribution in [3.05, 3.63) is 23.8 Å². The minimum Gasteiger partial charge on any atom is -0.496 e. The normalized spacial score (nSPS) is 18.1. The Morgan fingerprint density at radius 3 is 2.80 bits per heavy atom. The smallest absolute Gasteiger partial charge is 0.407 e. The van der Waals surface area contributed by atoms with E-state index in [9.17, 15) is 4.79 Å². The lowest BCUT2D eigenvalue weighted by atomic mass is 10.1. The van der Waals surface area contributed by atoms with Gasteiger partial charge in [-0.2, -0.15) is 0 Å². The number of carbonyl (C=O) groups excluding carboxylic acids is 1. The van der Waals surface area contributed by atoms with E-state index in [1.165, 1.54) is 4.90 Å². The van der Waals surface area contributed by atoms with Gasteiger partial charge in [-0.05, 0) is 39.3 Å². The van der Waals surface area contributed by atoms with E-state index >= 15 is 0 Å². The summed E-state index contributed by atoms with van der Waals surface area (Å²) in [4.78, 5) is 13.0. The zero-order valence-corrected chi connectivity index (χ0v) is 13.2. The summed E-state index contributed by atoms with van der Waals surface area (Å²) in [7, 11) is 1.67. The lowest BCUT2D eigenvalue weighted by Gasteiger charge is -2.27. The van der Waals surface area contributed by atoms with Gasteiger partial charge in [0.15, 0.2) is 0 Å². The summed E-state index contributed by atoms with van der Waals surface area (Å²) in [6.07, 6.45) is 0.410. The predicted octanol–water partition coefficient (Wildman–Crippen LogP) is 3.24. The molecule has 1 heterocycles. The van der Waals surface area contributed by atoms with Gasteiger partial charge in [0.25, 0.3) is 0 Å². The third-order valence-electron chi connectivity index (χ3n) is 2.92. The zero-order valence-electron chi connectivity index (χ0n) is 12.4. The van der Waals surface area contributed by atoms with E-state index in [0.29, 0.717) is 0 Å². The first kappa shape index (κ1) is 15.0. The molecule has 1 aliphatic rings. The van der Waals surface area contributed by atoms with Crippen LogP contribution < -0.4 is 10.1 Å². The minimum absolute atomic E-state index is 0.0682. The Bertz CT molecular complexity index is 482. The summed E-state index contributed by atoms with van der Waals surface area (Å²) in [6.45, 7) is 5.58. The van der Waals surface area contributed by atoms with E-state index in [-0.39, 0.29) is 12.1 Å². The number of hydrogen-bond donors (Lipinski definition) is 1. The van der Waals surface area contributed by atoms with Gasteiger partial charge in [-0.25, -0.2) is 4.79 Å². The lowest BCUT2D eigenvalue weighted by molar-refractivity contribution is 0.0509.